The molecule has 0 heterocycles. The second-order valence-corrected chi connectivity index (χ2v) is 5.00. The van der Waals surface area contributed by atoms with Crippen molar-refractivity contribution < 1.29 is 4.74 Å². The first-order valence-corrected chi connectivity index (χ1v) is 6.76. The lowest BCUT2D eigenvalue weighted by Crippen LogP contribution is -2.22. The Morgan fingerprint density at radius 1 is 1.44 bits per heavy atom. The second kappa shape index (κ2) is 8.17. The summed E-state index contributed by atoms with van der Waals surface area (Å²) >= 11 is 6.02. The Morgan fingerprint density at radius 2 is 2.22 bits per heavy atom. The summed E-state index contributed by atoms with van der Waals surface area (Å²) in [6.45, 7) is 9.42. The summed E-state index contributed by atoms with van der Waals surface area (Å²) < 4.78 is 5.78. The van der Waals surface area contributed by atoms with E-state index < -0.39 is 0 Å². The topological polar surface area (TPSA) is 21.3 Å². The minimum atomic E-state index is 0.442. The number of unbranched alkanes of at least 4 members (excludes halogenated alkanes) is 1. The zero-order valence-electron chi connectivity index (χ0n) is 11.2. The Bertz CT molecular complexity index is 377. The van der Waals surface area contributed by atoms with Crippen LogP contribution in [-0.2, 0) is 6.54 Å². The van der Waals surface area contributed by atoms with Crippen LogP contribution in [0.5, 0.6) is 5.75 Å². The van der Waals surface area contributed by atoms with E-state index in [1.165, 1.54) is 0 Å². The van der Waals surface area contributed by atoms with E-state index in [0.29, 0.717) is 12.6 Å². The van der Waals surface area contributed by atoms with Gasteiger partial charge in [0, 0.05) is 23.2 Å². The molecule has 0 saturated heterocycles. The van der Waals surface area contributed by atoms with Crippen LogP contribution in [0.3, 0.4) is 0 Å². The summed E-state index contributed by atoms with van der Waals surface area (Å²) in [5.74, 6) is 0.914. The monoisotopic (exact) mass is 267 g/mol. The number of halogens is 1. The average Bonchev–Trinajstić information content (AvgIpc) is 2.34. The van der Waals surface area contributed by atoms with Gasteiger partial charge >= 0.3 is 0 Å². The smallest absolute Gasteiger partial charge is 0.123 e. The number of benzene rings is 1. The van der Waals surface area contributed by atoms with Gasteiger partial charge in [-0.3, -0.25) is 0 Å². The molecule has 0 radical (unpaired) electrons. The third-order valence-corrected chi connectivity index (χ3v) is 2.77. The van der Waals surface area contributed by atoms with Crippen LogP contribution < -0.4 is 10.1 Å². The highest BCUT2D eigenvalue weighted by molar-refractivity contribution is 6.30. The minimum absolute atomic E-state index is 0.442. The first-order chi connectivity index (χ1) is 8.63. The fourth-order valence-electron chi connectivity index (χ4n) is 1.55. The zero-order chi connectivity index (χ0) is 13.4. The van der Waals surface area contributed by atoms with E-state index >= 15 is 0 Å². The van der Waals surface area contributed by atoms with Gasteiger partial charge in [0.05, 0.1) is 6.61 Å². The van der Waals surface area contributed by atoms with Gasteiger partial charge in [0.15, 0.2) is 0 Å². The molecule has 3 heteroatoms. The summed E-state index contributed by atoms with van der Waals surface area (Å²) in [7, 11) is 0. The summed E-state index contributed by atoms with van der Waals surface area (Å²) in [6, 6.07) is 6.20. The highest BCUT2D eigenvalue weighted by Crippen LogP contribution is 2.23. The predicted molar refractivity (Wildman–Crippen MR) is 78.4 cm³/mol. The van der Waals surface area contributed by atoms with Crippen molar-refractivity contribution in [3.8, 4) is 5.75 Å². The van der Waals surface area contributed by atoms with Crippen LogP contribution in [0.4, 0.5) is 0 Å². The Labute approximate surface area is 115 Å². The van der Waals surface area contributed by atoms with Gasteiger partial charge in [-0.1, -0.05) is 31.5 Å². The number of rotatable bonds is 8. The molecule has 0 atom stereocenters. The third kappa shape index (κ3) is 5.56. The van der Waals surface area contributed by atoms with Gasteiger partial charge in [-0.05, 0) is 31.0 Å². The molecule has 0 amide bonds. The summed E-state index contributed by atoms with van der Waals surface area (Å²) in [5.41, 5.74) is 1.11. The van der Waals surface area contributed by atoms with Crippen LogP contribution in [0.25, 0.3) is 0 Å². The van der Waals surface area contributed by atoms with Crippen molar-refractivity contribution in [2.75, 3.05) is 6.61 Å². The fourth-order valence-corrected chi connectivity index (χ4v) is 1.75. The Balaban J connectivity index is 2.60. The maximum absolute atomic E-state index is 6.02. The molecule has 0 saturated carbocycles. The van der Waals surface area contributed by atoms with Gasteiger partial charge < -0.3 is 10.1 Å². The van der Waals surface area contributed by atoms with Crippen molar-refractivity contribution in [1.29, 1.82) is 0 Å². The summed E-state index contributed by atoms with van der Waals surface area (Å²) in [6.07, 6.45) is 3.88. The van der Waals surface area contributed by atoms with Crippen molar-refractivity contribution in [3.63, 3.8) is 0 Å². The number of nitrogens with one attached hydrogen (secondary N) is 1. The lowest BCUT2D eigenvalue weighted by Gasteiger charge is -2.14. The normalized spacial score (nSPS) is 10.7. The van der Waals surface area contributed by atoms with Crippen molar-refractivity contribution in [3.05, 3.63) is 41.4 Å². The maximum Gasteiger partial charge on any atom is 0.123 e. The van der Waals surface area contributed by atoms with E-state index in [1.54, 1.807) is 0 Å². The van der Waals surface area contributed by atoms with Crippen molar-refractivity contribution in [1.82, 2.24) is 5.32 Å². The van der Waals surface area contributed by atoms with Gasteiger partial charge in [-0.2, -0.15) is 0 Å². The third-order valence-electron chi connectivity index (χ3n) is 2.53. The van der Waals surface area contributed by atoms with E-state index in [1.807, 2.05) is 24.3 Å². The first-order valence-electron chi connectivity index (χ1n) is 6.39. The molecule has 0 aliphatic rings. The van der Waals surface area contributed by atoms with Crippen molar-refractivity contribution in [2.45, 2.75) is 39.3 Å². The molecule has 0 spiro atoms. The van der Waals surface area contributed by atoms with E-state index in [4.69, 9.17) is 16.3 Å². The van der Waals surface area contributed by atoms with Crippen molar-refractivity contribution in [2.24, 2.45) is 0 Å². The summed E-state index contributed by atoms with van der Waals surface area (Å²) in [5, 5.41) is 4.12. The lowest BCUT2D eigenvalue weighted by molar-refractivity contribution is 0.308. The highest BCUT2D eigenvalue weighted by atomic mass is 35.5. The van der Waals surface area contributed by atoms with Gasteiger partial charge in [0.25, 0.3) is 0 Å². The van der Waals surface area contributed by atoms with E-state index in [2.05, 4.69) is 25.7 Å². The van der Waals surface area contributed by atoms with Crippen LogP contribution in [0.15, 0.2) is 30.9 Å². The standard InChI is InChI=1S/C15H22ClNO/c1-4-5-6-9-18-15-8-7-14(16)10-13(15)11-17-12(2)3/h4,7-8,10,12,17H,1,5-6,9,11H2,2-3H3. The molecule has 0 aliphatic carbocycles. The average molecular weight is 268 g/mol. The van der Waals surface area contributed by atoms with Crippen LogP contribution >= 0.6 is 11.6 Å². The number of allylic oxidation sites excluding steroid dienone is 1. The molecule has 2 nitrogen and oxygen atoms in total. The molecular formula is C15H22ClNO. The van der Waals surface area contributed by atoms with E-state index in [9.17, 15) is 0 Å². The number of ether oxygens (including phenoxy) is 1. The van der Waals surface area contributed by atoms with E-state index in [-0.39, 0.29) is 0 Å². The van der Waals surface area contributed by atoms with Crippen LogP contribution in [0.2, 0.25) is 5.02 Å². The fraction of sp³-hybridized carbons (Fsp3) is 0.467. The first kappa shape index (κ1) is 15.1. The predicted octanol–water partition coefficient (Wildman–Crippen LogP) is 4.18. The molecule has 1 aromatic carbocycles. The second-order valence-electron chi connectivity index (χ2n) is 4.57. The molecule has 0 aromatic heterocycles. The molecule has 0 unspecified atom stereocenters. The molecule has 0 aliphatic heterocycles. The molecule has 18 heavy (non-hydrogen) atoms. The Morgan fingerprint density at radius 3 is 2.89 bits per heavy atom. The highest BCUT2D eigenvalue weighted by Gasteiger charge is 2.05. The van der Waals surface area contributed by atoms with Crippen LogP contribution in [0.1, 0.15) is 32.3 Å². The quantitative estimate of drug-likeness (QED) is 0.563. The summed E-state index contributed by atoms with van der Waals surface area (Å²) in [4.78, 5) is 0. The Hall–Kier alpha value is -0.990. The Kier molecular flexibility index (Phi) is 6.84. The molecule has 1 rings (SSSR count). The largest absolute Gasteiger partial charge is 0.493 e. The van der Waals surface area contributed by atoms with Crippen molar-refractivity contribution >= 4 is 11.6 Å². The molecule has 1 N–H and O–H groups in total. The molecule has 1 aromatic rings. The van der Waals surface area contributed by atoms with Gasteiger partial charge in [0.2, 0.25) is 0 Å². The SMILES string of the molecule is C=CCCCOc1ccc(Cl)cc1CNC(C)C. The molecule has 0 fully saturated rings. The van der Waals surface area contributed by atoms with Gasteiger partial charge in [-0.25, -0.2) is 0 Å². The number of hydrogen-bond donors (Lipinski definition) is 1. The molecular weight excluding hydrogens is 246 g/mol. The zero-order valence-corrected chi connectivity index (χ0v) is 12.0. The molecule has 100 valence electrons. The minimum Gasteiger partial charge on any atom is -0.493 e. The van der Waals surface area contributed by atoms with Gasteiger partial charge in [-0.15, -0.1) is 6.58 Å². The van der Waals surface area contributed by atoms with Gasteiger partial charge in [0.1, 0.15) is 5.75 Å². The van der Waals surface area contributed by atoms with E-state index in [0.717, 1.165) is 35.7 Å². The lowest BCUT2D eigenvalue weighted by atomic mass is 10.2. The molecule has 0 bridgehead atoms. The number of hydrogen-bond acceptors (Lipinski definition) is 2. The van der Waals surface area contributed by atoms with Crippen LogP contribution in [0, 0.1) is 0 Å². The van der Waals surface area contributed by atoms with Crippen LogP contribution in [-0.4, -0.2) is 12.6 Å². The maximum atomic E-state index is 6.02.